The van der Waals surface area contributed by atoms with E-state index in [0.29, 0.717) is 5.92 Å². The molecular formula is C10H13BrN2O. The van der Waals surface area contributed by atoms with Crippen LogP contribution < -0.4 is 0 Å². The fraction of sp³-hybridized carbons (Fsp3) is 0.600. The quantitative estimate of drug-likeness (QED) is 0.814. The second-order valence-corrected chi connectivity index (χ2v) is 4.57. The normalized spacial score (nSPS) is 22.2. The molecule has 1 aliphatic heterocycles. The van der Waals surface area contributed by atoms with E-state index in [4.69, 9.17) is 4.74 Å². The maximum Gasteiger partial charge on any atom is 0.0646 e. The van der Waals surface area contributed by atoms with E-state index in [1.165, 1.54) is 12.8 Å². The summed E-state index contributed by atoms with van der Waals surface area (Å²) < 4.78 is 6.42. The molecule has 1 aromatic heterocycles. The Kier molecular flexibility index (Phi) is 3.48. The summed E-state index contributed by atoms with van der Waals surface area (Å²) in [6, 6.07) is 2.03. The van der Waals surface area contributed by atoms with Crippen molar-refractivity contribution in [2.24, 2.45) is 5.92 Å². The lowest BCUT2D eigenvalue weighted by atomic mass is 9.97. The van der Waals surface area contributed by atoms with Crippen LogP contribution in [0.25, 0.3) is 0 Å². The van der Waals surface area contributed by atoms with Crippen molar-refractivity contribution in [3.63, 3.8) is 0 Å². The fourth-order valence-electron chi connectivity index (χ4n) is 1.75. The van der Waals surface area contributed by atoms with Gasteiger partial charge in [0.1, 0.15) is 0 Å². The third kappa shape index (κ3) is 2.75. The molecule has 2 rings (SSSR count). The Morgan fingerprint density at radius 3 is 3.21 bits per heavy atom. The zero-order valence-electron chi connectivity index (χ0n) is 7.95. The molecule has 2 heterocycles. The minimum Gasteiger partial charge on any atom is -0.381 e. The average Bonchev–Trinajstić information content (AvgIpc) is 2.19. The highest BCUT2D eigenvalue weighted by Gasteiger charge is 2.15. The van der Waals surface area contributed by atoms with E-state index in [1.54, 1.807) is 6.20 Å². The van der Waals surface area contributed by atoms with Gasteiger partial charge in [0.25, 0.3) is 0 Å². The highest BCUT2D eigenvalue weighted by atomic mass is 79.9. The van der Waals surface area contributed by atoms with Crippen LogP contribution in [-0.4, -0.2) is 23.4 Å². The van der Waals surface area contributed by atoms with Crippen molar-refractivity contribution in [3.05, 3.63) is 22.4 Å². The summed E-state index contributed by atoms with van der Waals surface area (Å²) in [4.78, 5) is 0. The van der Waals surface area contributed by atoms with Crippen molar-refractivity contribution < 1.29 is 4.74 Å². The highest BCUT2D eigenvalue weighted by Crippen LogP contribution is 2.18. The molecule has 1 fully saturated rings. The van der Waals surface area contributed by atoms with E-state index in [1.807, 2.05) is 6.07 Å². The lowest BCUT2D eigenvalue weighted by Crippen LogP contribution is -2.19. The number of rotatable bonds is 2. The molecule has 0 radical (unpaired) electrons. The molecule has 3 nitrogen and oxygen atoms in total. The Labute approximate surface area is 92.0 Å². The van der Waals surface area contributed by atoms with Gasteiger partial charge in [-0.05, 0) is 47.2 Å². The van der Waals surface area contributed by atoms with Crippen LogP contribution in [-0.2, 0) is 11.2 Å². The van der Waals surface area contributed by atoms with Gasteiger partial charge in [-0.1, -0.05) is 0 Å². The molecule has 0 aromatic carbocycles. The van der Waals surface area contributed by atoms with Crippen LogP contribution in [0.2, 0.25) is 0 Å². The van der Waals surface area contributed by atoms with Gasteiger partial charge in [0.15, 0.2) is 0 Å². The van der Waals surface area contributed by atoms with E-state index >= 15 is 0 Å². The number of hydrogen-bond donors (Lipinski definition) is 0. The van der Waals surface area contributed by atoms with E-state index in [0.717, 1.165) is 29.8 Å². The summed E-state index contributed by atoms with van der Waals surface area (Å²) in [6.45, 7) is 1.79. The van der Waals surface area contributed by atoms with Crippen LogP contribution in [0.4, 0.5) is 0 Å². The lowest BCUT2D eigenvalue weighted by Gasteiger charge is -2.21. The average molecular weight is 257 g/mol. The van der Waals surface area contributed by atoms with E-state index in [2.05, 4.69) is 26.1 Å². The minimum absolute atomic E-state index is 0.618. The maximum atomic E-state index is 5.42. The first-order valence-corrected chi connectivity index (χ1v) is 5.69. The van der Waals surface area contributed by atoms with Gasteiger partial charge in [0, 0.05) is 17.7 Å². The second kappa shape index (κ2) is 4.84. The monoisotopic (exact) mass is 256 g/mol. The standard InChI is InChI=1S/C10H13BrN2O/c11-9-5-10(13-12-6-9)4-8-2-1-3-14-7-8/h5-6,8H,1-4,7H2. The maximum absolute atomic E-state index is 5.42. The Morgan fingerprint density at radius 2 is 2.50 bits per heavy atom. The predicted octanol–water partition coefficient (Wildman–Crippen LogP) is 2.21. The largest absolute Gasteiger partial charge is 0.381 e. The van der Waals surface area contributed by atoms with Gasteiger partial charge in [0.2, 0.25) is 0 Å². The van der Waals surface area contributed by atoms with E-state index < -0.39 is 0 Å². The molecule has 76 valence electrons. The molecule has 4 heteroatoms. The van der Waals surface area contributed by atoms with Crippen molar-refractivity contribution >= 4 is 15.9 Å². The van der Waals surface area contributed by atoms with Gasteiger partial charge in [-0.3, -0.25) is 0 Å². The lowest BCUT2D eigenvalue weighted by molar-refractivity contribution is 0.0546. The smallest absolute Gasteiger partial charge is 0.0646 e. The van der Waals surface area contributed by atoms with Crippen molar-refractivity contribution in [2.75, 3.05) is 13.2 Å². The number of hydrogen-bond acceptors (Lipinski definition) is 3. The summed E-state index contributed by atoms with van der Waals surface area (Å²) in [5.74, 6) is 0.618. The van der Waals surface area contributed by atoms with Crippen molar-refractivity contribution in [1.29, 1.82) is 0 Å². The third-order valence-electron chi connectivity index (χ3n) is 2.42. The molecule has 1 unspecified atom stereocenters. The fourth-order valence-corrected chi connectivity index (χ4v) is 2.10. The van der Waals surface area contributed by atoms with Gasteiger partial charge in [-0.2, -0.15) is 10.2 Å². The van der Waals surface area contributed by atoms with Crippen LogP contribution in [0.3, 0.4) is 0 Å². The molecule has 0 aliphatic carbocycles. The van der Waals surface area contributed by atoms with Crippen LogP contribution >= 0.6 is 15.9 Å². The SMILES string of the molecule is Brc1cnnc(CC2CCCOC2)c1. The van der Waals surface area contributed by atoms with Crippen LogP contribution in [0.15, 0.2) is 16.7 Å². The summed E-state index contributed by atoms with van der Waals surface area (Å²) in [6.07, 6.45) is 5.10. The zero-order chi connectivity index (χ0) is 9.80. The van der Waals surface area contributed by atoms with Gasteiger partial charge in [-0.15, -0.1) is 0 Å². The number of ether oxygens (including phenoxy) is 1. The second-order valence-electron chi connectivity index (χ2n) is 3.65. The first kappa shape index (κ1) is 10.1. The molecule has 0 N–H and O–H groups in total. The number of aromatic nitrogens is 2. The minimum atomic E-state index is 0.618. The van der Waals surface area contributed by atoms with Gasteiger partial charge < -0.3 is 4.74 Å². The van der Waals surface area contributed by atoms with Crippen LogP contribution in [0.5, 0.6) is 0 Å². The summed E-state index contributed by atoms with van der Waals surface area (Å²) in [5, 5.41) is 8.01. The first-order valence-electron chi connectivity index (χ1n) is 4.89. The Hall–Kier alpha value is -0.480. The van der Waals surface area contributed by atoms with Crippen molar-refractivity contribution in [3.8, 4) is 0 Å². The molecule has 0 amide bonds. The predicted molar refractivity (Wildman–Crippen MR) is 57.0 cm³/mol. The molecule has 0 saturated carbocycles. The van der Waals surface area contributed by atoms with E-state index in [-0.39, 0.29) is 0 Å². The van der Waals surface area contributed by atoms with Crippen LogP contribution in [0.1, 0.15) is 18.5 Å². The van der Waals surface area contributed by atoms with Gasteiger partial charge in [0.05, 0.1) is 11.9 Å². The topological polar surface area (TPSA) is 35.0 Å². The molecule has 1 atom stereocenters. The molecule has 1 aliphatic rings. The van der Waals surface area contributed by atoms with Crippen molar-refractivity contribution in [1.82, 2.24) is 10.2 Å². The molecular weight excluding hydrogens is 244 g/mol. The molecule has 1 saturated heterocycles. The first-order chi connectivity index (χ1) is 6.84. The summed E-state index contributed by atoms with van der Waals surface area (Å²) in [5.41, 5.74) is 1.05. The highest BCUT2D eigenvalue weighted by molar-refractivity contribution is 9.10. The number of halogens is 1. The summed E-state index contributed by atoms with van der Waals surface area (Å²) in [7, 11) is 0. The Bertz CT molecular complexity index is 300. The third-order valence-corrected chi connectivity index (χ3v) is 2.86. The molecule has 14 heavy (non-hydrogen) atoms. The Morgan fingerprint density at radius 1 is 1.57 bits per heavy atom. The van der Waals surface area contributed by atoms with Crippen LogP contribution in [0, 0.1) is 5.92 Å². The molecule has 0 bridgehead atoms. The zero-order valence-corrected chi connectivity index (χ0v) is 9.53. The number of nitrogens with zero attached hydrogens (tertiary/aromatic N) is 2. The Balaban J connectivity index is 1.95. The molecule has 0 spiro atoms. The van der Waals surface area contributed by atoms with Crippen molar-refractivity contribution in [2.45, 2.75) is 19.3 Å². The molecule has 1 aromatic rings. The van der Waals surface area contributed by atoms with Gasteiger partial charge in [-0.25, -0.2) is 0 Å². The summed E-state index contributed by atoms with van der Waals surface area (Å²) >= 11 is 3.39. The van der Waals surface area contributed by atoms with Gasteiger partial charge >= 0.3 is 0 Å². The van der Waals surface area contributed by atoms with E-state index in [9.17, 15) is 0 Å².